The summed E-state index contributed by atoms with van der Waals surface area (Å²) in [6.45, 7) is 2.02. The van der Waals surface area contributed by atoms with Gasteiger partial charge in [0, 0.05) is 18.8 Å². The van der Waals surface area contributed by atoms with Gasteiger partial charge in [0.2, 0.25) is 0 Å². The van der Waals surface area contributed by atoms with Crippen LogP contribution in [0.3, 0.4) is 0 Å². The number of nitrogens with zero attached hydrogens (tertiary/aromatic N) is 1. The Kier molecular flexibility index (Phi) is 4.11. The first-order valence-corrected chi connectivity index (χ1v) is 4.83. The van der Waals surface area contributed by atoms with Crippen LogP contribution in [0.1, 0.15) is 25.3 Å². The Balaban J connectivity index is 2.53. The summed E-state index contributed by atoms with van der Waals surface area (Å²) in [4.78, 5) is 14.5. The molecule has 0 aromatic carbocycles. The predicted octanol–water partition coefficient (Wildman–Crippen LogP) is 2.12. The summed E-state index contributed by atoms with van der Waals surface area (Å²) in [7, 11) is 0. The number of carboxylic acid groups (broad SMARTS) is 1. The fraction of sp³-hybridized carbons (Fsp3) is 0.455. The smallest absolute Gasteiger partial charge is 0.303 e. The van der Waals surface area contributed by atoms with Crippen molar-refractivity contribution in [3.63, 3.8) is 0 Å². The molecular formula is C11H15NO2. The van der Waals surface area contributed by atoms with Crippen molar-refractivity contribution in [2.45, 2.75) is 26.2 Å². The Labute approximate surface area is 83.8 Å². The van der Waals surface area contributed by atoms with E-state index in [1.54, 1.807) is 12.4 Å². The van der Waals surface area contributed by atoms with Gasteiger partial charge in [-0.1, -0.05) is 19.4 Å². The lowest BCUT2D eigenvalue weighted by Gasteiger charge is -2.11. The van der Waals surface area contributed by atoms with Crippen molar-refractivity contribution in [3.8, 4) is 0 Å². The molecule has 14 heavy (non-hydrogen) atoms. The third-order valence-corrected chi connectivity index (χ3v) is 2.29. The summed E-state index contributed by atoms with van der Waals surface area (Å²) in [6.07, 6.45) is 5.45. The molecule has 0 saturated heterocycles. The maximum atomic E-state index is 10.5. The molecule has 1 N–H and O–H groups in total. The highest BCUT2D eigenvalue weighted by atomic mass is 16.4. The molecule has 1 aromatic rings. The fourth-order valence-corrected chi connectivity index (χ4v) is 1.46. The van der Waals surface area contributed by atoms with Gasteiger partial charge in [0.25, 0.3) is 0 Å². The van der Waals surface area contributed by atoms with E-state index in [1.165, 1.54) is 0 Å². The van der Waals surface area contributed by atoms with Gasteiger partial charge in [-0.15, -0.1) is 0 Å². The van der Waals surface area contributed by atoms with E-state index in [-0.39, 0.29) is 12.3 Å². The van der Waals surface area contributed by atoms with Crippen LogP contribution in [-0.4, -0.2) is 16.1 Å². The first-order chi connectivity index (χ1) is 6.72. The maximum absolute atomic E-state index is 10.5. The van der Waals surface area contributed by atoms with E-state index in [0.29, 0.717) is 0 Å². The van der Waals surface area contributed by atoms with Crippen molar-refractivity contribution < 1.29 is 9.90 Å². The lowest BCUT2D eigenvalue weighted by Crippen LogP contribution is -2.09. The van der Waals surface area contributed by atoms with Crippen LogP contribution in [0.25, 0.3) is 0 Å². The van der Waals surface area contributed by atoms with E-state index in [0.717, 1.165) is 18.4 Å². The molecule has 1 aromatic heterocycles. The largest absolute Gasteiger partial charge is 0.481 e. The van der Waals surface area contributed by atoms with Crippen molar-refractivity contribution >= 4 is 5.97 Å². The SMILES string of the molecule is CCC(CC(=O)O)Cc1cccnc1. The van der Waals surface area contributed by atoms with Gasteiger partial charge in [0.15, 0.2) is 0 Å². The molecule has 0 amide bonds. The molecule has 3 heteroatoms. The minimum Gasteiger partial charge on any atom is -0.481 e. The Morgan fingerprint density at radius 1 is 1.64 bits per heavy atom. The molecule has 0 fully saturated rings. The Hall–Kier alpha value is -1.38. The Bertz CT molecular complexity index is 285. The third kappa shape index (κ3) is 3.56. The molecular weight excluding hydrogens is 178 g/mol. The van der Waals surface area contributed by atoms with E-state index < -0.39 is 5.97 Å². The first kappa shape index (κ1) is 10.7. The van der Waals surface area contributed by atoms with Gasteiger partial charge in [-0.25, -0.2) is 0 Å². The maximum Gasteiger partial charge on any atom is 0.303 e. The molecule has 1 rings (SSSR count). The van der Waals surface area contributed by atoms with E-state index in [1.807, 2.05) is 19.1 Å². The average Bonchev–Trinajstić information content (AvgIpc) is 2.17. The lowest BCUT2D eigenvalue weighted by atomic mass is 9.95. The second-order valence-electron chi connectivity index (χ2n) is 3.44. The third-order valence-electron chi connectivity index (χ3n) is 2.29. The van der Waals surface area contributed by atoms with Gasteiger partial charge >= 0.3 is 5.97 Å². The quantitative estimate of drug-likeness (QED) is 0.779. The molecule has 0 saturated carbocycles. The second-order valence-corrected chi connectivity index (χ2v) is 3.44. The summed E-state index contributed by atoms with van der Waals surface area (Å²) >= 11 is 0. The fourth-order valence-electron chi connectivity index (χ4n) is 1.46. The van der Waals surface area contributed by atoms with Gasteiger partial charge in [-0.3, -0.25) is 9.78 Å². The van der Waals surface area contributed by atoms with E-state index >= 15 is 0 Å². The molecule has 0 aliphatic rings. The van der Waals surface area contributed by atoms with Crippen LogP contribution in [0.5, 0.6) is 0 Å². The highest BCUT2D eigenvalue weighted by molar-refractivity contribution is 5.67. The van der Waals surface area contributed by atoms with Crippen molar-refractivity contribution in [1.82, 2.24) is 4.98 Å². The van der Waals surface area contributed by atoms with Crippen LogP contribution in [0.2, 0.25) is 0 Å². The number of carboxylic acids is 1. The highest BCUT2D eigenvalue weighted by Crippen LogP contribution is 2.14. The van der Waals surface area contributed by atoms with Crippen LogP contribution >= 0.6 is 0 Å². The summed E-state index contributed by atoms with van der Waals surface area (Å²) in [5, 5.41) is 8.68. The second kappa shape index (κ2) is 5.37. The van der Waals surface area contributed by atoms with Crippen LogP contribution in [0.15, 0.2) is 24.5 Å². The van der Waals surface area contributed by atoms with Gasteiger partial charge in [0.05, 0.1) is 0 Å². The first-order valence-electron chi connectivity index (χ1n) is 4.83. The van der Waals surface area contributed by atoms with Crippen LogP contribution < -0.4 is 0 Å². The van der Waals surface area contributed by atoms with Crippen LogP contribution in [0, 0.1) is 5.92 Å². The number of rotatable bonds is 5. The van der Waals surface area contributed by atoms with Crippen LogP contribution in [-0.2, 0) is 11.2 Å². The minimum absolute atomic E-state index is 0.219. The van der Waals surface area contributed by atoms with Crippen molar-refractivity contribution in [3.05, 3.63) is 30.1 Å². The molecule has 1 atom stereocenters. The highest BCUT2D eigenvalue weighted by Gasteiger charge is 2.11. The van der Waals surface area contributed by atoms with Crippen molar-refractivity contribution in [2.24, 2.45) is 5.92 Å². The van der Waals surface area contributed by atoms with E-state index in [9.17, 15) is 4.79 Å². The molecule has 1 unspecified atom stereocenters. The van der Waals surface area contributed by atoms with Crippen molar-refractivity contribution in [1.29, 1.82) is 0 Å². The number of aliphatic carboxylic acids is 1. The zero-order chi connectivity index (χ0) is 10.4. The van der Waals surface area contributed by atoms with Gasteiger partial charge < -0.3 is 5.11 Å². The summed E-state index contributed by atoms with van der Waals surface area (Å²) in [5.41, 5.74) is 1.11. The molecule has 3 nitrogen and oxygen atoms in total. The average molecular weight is 193 g/mol. The minimum atomic E-state index is -0.722. The monoisotopic (exact) mass is 193 g/mol. The zero-order valence-corrected chi connectivity index (χ0v) is 8.31. The van der Waals surface area contributed by atoms with E-state index in [2.05, 4.69) is 4.98 Å². The van der Waals surface area contributed by atoms with Gasteiger partial charge in [-0.05, 0) is 24.0 Å². The molecule has 1 heterocycles. The number of hydrogen-bond donors (Lipinski definition) is 1. The topological polar surface area (TPSA) is 50.2 Å². The molecule has 0 bridgehead atoms. The molecule has 0 aliphatic heterocycles. The number of pyridine rings is 1. The Morgan fingerprint density at radius 3 is 2.93 bits per heavy atom. The summed E-state index contributed by atoms with van der Waals surface area (Å²) in [6, 6.07) is 3.86. The predicted molar refractivity (Wildman–Crippen MR) is 54.0 cm³/mol. The lowest BCUT2D eigenvalue weighted by molar-refractivity contribution is -0.138. The number of carbonyl (C=O) groups is 1. The van der Waals surface area contributed by atoms with Crippen molar-refractivity contribution in [2.75, 3.05) is 0 Å². The standard InChI is InChI=1S/C11H15NO2/c1-2-9(7-11(13)14)6-10-4-3-5-12-8-10/h3-5,8-9H,2,6-7H2,1H3,(H,13,14). The Morgan fingerprint density at radius 2 is 2.43 bits per heavy atom. The number of hydrogen-bond acceptors (Lipinski definition) is 2. The summed E-state index contributed by atoms with van der Waals surface area (Å²) in [5.74, 6) is -0.502. The van der Waals surface area contributed by atoms with Crippen LogP contribution in [0.4, 0.5) is 0 Å². The molecule has 0 aliphatic carbocycles. The normalized spacial score (nSPS) is 12.4. The molecule has 76 valence electrons. The van der Waals surface area contributed by atoms with Gasteiger partial charge in [0.1, 0.15) is 0 Å². The van der Waals surface area contributed by atoms with Gasteiger partial charge in [-0.2, -0.15) is 0 Å². The zero-order valence-electron chi connectivity index (χ0n) is 8.31. The summed E-state index contributed by atoms with van der Waals surface area (Å²) < 4.78 is 0. The molecule has 0 spiro atoms. The van der Waals surface area contributed by atoms with E-state index in [4.69, 9.17) is 5.11 Å². The molecule has 0 radical (unpaired) electrons. The number of aromatic nitrogens is 1.